The zero-order valence-corrected chi connectivity index (χ0v) is 12.4. The van der Waals surface area contributed by atoms with Crippen LogP contribution in [0.4, 0.5) is 0 Å². The van der Waals surface area contributed by atoms with Crippen molar-refractivity contribution >= 4 is 15.9 Å². The molecule has 2 atom stereocenters. The maximum atomic E-state index is 12.5. The monoisotopic (exact) mass is 300 g/mol. The zero-order chi connectivity index (χ0) is 15.1. The van der Waals surface area contributed by atoms with Crippen LogP contribution in [0.15, 0.2) is 17.2 Å². The first kappa shape index (κ1) is 15.0. The molecule has 1 saturated heterocycles. The second-order valence-electron chi connectivity index (χ2n) is 5.31. The van der Waals surface area contributed by atoms with E-state index < -0.39 is 15.9 Å². The summed E-state index contributed by atoms with van der Waals surface area (Å²) in [6.45, 7) is 2.75. The smallest absolute Gasteiger partial charge is 0.265 e. The van der Waals surface area contributed by atoms with Gasteiger partial charge in [-0.1, -0.05) is 0 Å². The molecule has 1 aromatic rings. The minimum Gasteiger partial charge on any atom is -0.364 e. The van der Waals surface area contributed by atoms with E-state index in [-0.39, 0.29) is 22.5 Å². The number of rotatable bonds is 4. The number of amides is 1. The van der Waals surface area contributed by atoms with Crippen LogP contribution in [0.25, 0.3) is 0 Å². The second kappa shape index (κ2) is 5.19. The minimum atomic E-state index is -3.59. The number of primary amides is 1. The number of sulfonamides is 1. The summed E-state index contributed by atoms with van der Waals surface area (Å²) in [5, 5.41) is 0. The van der Waals surface area contributed by atoms with Gasteiger partial charge in [0.15, 0.2) is 0 Å². The van der Waals surface area contributed by atoms with E-state index in [1.54, 1.807) is 7.05 Å². The third-order valence-electron chi connectivity index (χ3n) is 3.80. The van der Waals surface area contributed by atoms with E-state index in [2.05, 4.69) is 0 Å². The summed E-state index contributed by atoms with van der Waals surface area (Å²) in [6.07, 6.45) is 2.17. The minimum absolute atomic E-state index is 0.0350. The number of hydrogen-bond acceptors (Lipinski definition) is 4. The molecule has 112 valence electrons. The lowest BCUT2D eigenvalue weighted by molar-refractivity contribution is 0.0992. The Labute approximate surface area is 118 Å². The first-order valence-electron chi connectivity index (χ1n) is 6.45. The van der Waals surface area contributed by atoms with Crippen LogP contribution in [-0.2, 0) is 17.1 Å². The van der Waals surface area contributed by atoms with Crippen LogP contribution in [0.2, 0.25) is 0 Å². The number of hydrogen-bond donors (Lipinski definition) is 2. The average Bonchev–Trinajstić information content (AvgIpc) is 2.94. The van der Waals surface area contributed by atoms with Gasteiger partial charge in [-0.25, -0.2) is 8.42 Å². The van der Waals surface area contributed by atoms with Gasteiger partial charge in [0, 0.05) is 32.4 Å². The number of aromatic nitrogens is 1. The summed E-state index contributed by atoms with van der Waals surface area (Å²) >= 11 is 0. The van der Waals surface area contributed by atoms with Crippen molar-refractivity contribution in [2.45, 2.75) is 24.3 Å². The molecule has 1 aromatic heterocycles. The van der Waals surface area contributed by atoms with Gasteiger partial charge in [0.1, 0.15) is 10.6 Å². The predicted octanol–water partition coefficient (Wildman–Crippen LogP) is -0.518. The van der Waals surface area contributed by atoms with E-state index in [0.29, 0.717) is 13.1 Å². The number of carbonyl (C=O) groups is 1. The van der Waals surface area contributed by atoms with Gasteiger partial charge in [-0.3, -0.25) is 4.79 Å². The number of carbonyl (C=O) groups excluding carboxylic acids is 1. The van der Waals surface area contributed by atoms with Crippen LogP contribution >= 0.6 is 0 Å². The molecule has 0 aromatic carbocycles. The van der Waals surface area contributed by atoms with Crippen molar-refractivity contribution in [3.63, 3.8) is 0 Å². The van der Waals surface area contributed by atoms with Crippen molar-refractivity contribution in [3.05, 3.63) is 18.0 Å². The largest absolute Gasteiger partial charge is 0.364 e. The molecule has 2 heterocycles. The Hall–Kier alpha value is -1.38. The van der Waals surface area contributed by atoms with Crippen molar-refractivity contribution < 1.29 is 13.2 Å². The van der Waals surface area contributed by atoms with Crippen molar-refractivity contribution in [3.8, 4) is 0 Å². The highest BCUT2D eigenvalue weighted by atomic mass is 32.2. The molecule has 2 unspecified atom stereocenters. The molecule has 4 N–H and O–H groups in total. The molecule has 0 spiro atoms. The van der Waals surface area contributed by atoms with Gasteiger partial charge in [0.25, 0.3) is 5.91 Å². The molecular weight excluding hydrogens is 280 g/mol. The molecular formula is C12H20N4O3S. The fourth-order valence-electron chi connectivity index (χ4n) is 2.47. The van der Waals surface area contributed by atoms with Gasteiger partial charge in [-0.15, -0.1) is 0 Å². The molecule has 7 nitrogen and oxygen atoms in total. The fourth-order valence-corrected chi connectivity index (χ4v) is 4.05. The molecule has 2 rings (SSSR count). The molecule has 0 saturated carbocycles. The Kier molecular flexibility index (Phi) is 3.90. The van der Waals surface area contributed by atoms with Crippen LogP contribution in [0.1, 0.15) is 23.8 Å². The zero-order valence-electron chi connectivity index (χ0n) is 11.6. The number of nitrogens with zero attached hydrogens (tertiary/aromatic N) is 2. The Morgan fingerprint density at radius 3 is 2.60 bits per heavy atom. The van der Waals surface area contributed by atoms with E-state index in [0.717, 1.165) is 6.42 Å². The summed E-state index contributed by atoms with van der Waals surface area (Å²) in [4.78, 5) is 11.3. The molecule has 8 heteroatoms. The second-order valence-corrected chi connectivity index (χ2v) is 7.25. The van der Waals surface area contributed by atoms with E-state index in [4.69, 9.17) is 11.5 Å². The molecule has 1 aliphatic heterocycles. The molecule has 1 fully saturated rings. The van der Waals surface area contributed by atoms with Gasteiger partial charge in [0.2, 0.25) is 10.0 Å². The number of nitrogens with two attached hydrogens (primary N) is 2. The molecule has 1 amide bonds. The third-order valence-corrected chi connectivity index (χ3v) is 5.63. The van der Waals surface area contributed by atoms with Crippen molar-refractivity contribution in [1.82, 2.24) is 8.87 Å². The summed E-state index contributed by atoms with van der Waals surface area (Å²) in [5.74, 6) is -0.479. The van der Waals surface area contributed by atoms with E-state index in [1.165, 1.54) is 21.1 Å². The fraction of sp³-hybridized carbons (Fsp3) is 0.583. The lowest BCUT2D eigenvalue weighted by atomic mass is 10.0. The van der Waals surface area contributed by atoms with Gasteiger partial charge in [0.05, 0.1) is 0 Å². The Morgan fingerprint density at radius 2 is 2.15 bits per heavy atom. The highest BCUT2D eigenvalue weighted by Gasteiger charge is 2.34. The molecule has 1 aliphatic rings. The lowest BCUT2D eigenvalue weighted by Crippen LogP contribution is -2.32. The summed E-state index contributed by atoms with van der Waals surface area (Å²) in [5.41, 5.74) is 11.2. The van der Waals surface area contributed by atoms with Gasteiger partial charge >= 0.3 is 0 Å². The Bertz CT molecular complexity index is 621. The summed E-state index contributed by atoms with van der Waals surface area (Å²) in [6, 6.07) is 1.28. The van der Waals surface area contributed by atoms with E-state index >= 15 is 0 Å². The van der Waals surface area contributed by atoms with Crippen molar-refractivity contribution in [2.75, 3.05) is 13.1 Å². The van der Waals surface area contributed by atoms with Crippen molar-refractivity contribution in [2.24, 2.45) is 24.4 Å². The van der Waals surface area contributed by atoms with Crippen LogP contribution in [0.3, 0.4) is 0 Å². The molecule has 0 aliphatic carbocycles. The van der Waals surface area contributed by atoms with Crippen LogP contribution in [-0.4, -0.2) is 42.3 Å². The molecule has 20 heavy (non-hydrogen) atoms. The summed E-state index contributed by atoms with van der Waals surface area (Å²) < 4.78 is 27.9. The van der Waals surface area contributed by atoms with Gasteiger partial charge in [-0.05, 0) is 25.3 Å². The maximum Gasteiger partial charge on any atom is 0.265 e. The normalized spacial score (nSPS) is 22.1. The quantitative estimate of drug-likeness (QED) is 0.779. The van der Waals surface area contributed by atoms with Crippen LogP contribution in [0, 0.1) is 5.92 Å². The van der Waals surface area contributed by atoms with E-state index in [1.807, 2.05) is 6.92 Å². The Balaban J connectivity index is 2.28. The topological polar surface area (TPSA) is 111 Å². The van der Waals surface area contributed by atoms with Crippen LogP contribution in [0.5, 0.6) is 0 Å². The van der Waals surface area contributed by atoms with Gasteiger partial charge < -0.3 is 16.0 Å². The predicted molar refractivity (Wildman–Crippen MR) is 74.4 cm³/mol. The third kappa shape index (κ3) is 2.58. The van der Waals surface area contributed by atoms with Crippen LogP contribution < -0.4 is 11.5 Å². The SMILES string of the molecule is CC(N)C1CCN(S(=O)(=O)c2cc(C(N)=O)n(C)c2)C1. The first-order valence-corrected chi connectivity index (χ1v) is 7.89. The van der Waals surface area contributed by atoms with E-state index in [9.17, 15) is 13.2 Å². The average molecular weight is 300 g/mol. The Morgan fingerprint density at radius 1 is 1.50 bits per heavy atom. The standard InChI is InChI=1S/C12H20N4O3S/c1-8(13)9-3-4-16(6-9)20(18,19)10-5-11(12(14)17)15(2)7-10/h5,7-9H,3-4,6,13H2,1-2H3,(H2,14,17). The maximum absolute atomic E-state index is 12.5. The van der Waals surface area contributed by atoms with Gasteiger partial charge in [-0.2, -0.15) is 4.31 Å². The molecule has 0 radical (unpaired) electrons. The summed E-state index contributed by atoms with van der Waals surface area (Å²) in [7, 11) is -2.00. The number of aryl methyl sites for hydroxylation is 1. The highest BCUT2D eigenvalue weighted by Crippen LogP contribution is 2.26. The first-order chi connectivity index (χ1) is 9.23. The van der Waals surface area contributed by atoms with Crippen molar-refractivity contribution in [1.29, 1.82) is 0 Å². The molecule has 0 bridgehead atoms. The lowest BCUT2D eigenvalue weighted by Gasteiger charge is -2.17. The highest BCUT2D eigenvalue weighted by molar-refractivity contribution is 7.89.